The van der Waals surface area contributed by atoms with E-state index in [1.54, 1.807) is 6.92 Å². The fourth-order valence-electron chi connectivity index (χ4n) is 6.99. The van der Waals surface area contributed by atoms with Crippen LogP contribution in [-0.4, -0.2) is 24.1 Å². The molecule has 1 aromatic rings. The van der Waals surface area contributed by atoms with Gasteiger partial charge in [-0.1, -0.05) is 17.8 Å². The van der Waals surface area contributed by atoms with Gasteiger partial charge in [0, 0.05) is 16.0 Å². The molecule has 4 bridgehead atoms. The number of hydrogen-bond acceptors (Lipinski definition) is 7. The Balaban J connectivity index is 1.40. The molecule has 174 valence electrons. The lowest BCUT2D eigenvalue weighted by molar-refractivity contribution is -0.141. The molecule has 1 aromatic heterocycles. The summed E-state index contributed by atoms with van der Waals surface area (Å²) in [6.45, 7) is 3.91. The van der Waals surface area contributed by atoms with E-state index in [-0.39, 0.29) is 12.0 Å². The van der Waals surface area contributed by atoms with Crippen molar-refractivity contribution in [1.29, 1.82) is 5.26 Å². The number of thioether (sulfide) groups is 1. The van der Waals surface area contributed by atoms with E-state index in [1.165, 1.54) is 42.4 Å². The molecule has 5 aliphatic rings. The summed E-state index contributed by atoms with van der Waals surface area (Å²) in [5.41, 5.74) is 1.52. The fourth-order valence-corrected chi connectivity index (χ4v) is 8.96. The molecule has 0 unspecified atom stereocenters. The van der Waals surface area contributed by atoms with Gasteiger partial charge in [0.15, 0.2) is 0 Å². The highest BCUT2D eigenvalue weighted by Gasteiger charge is 2.54. The van der Waals surface area contributed by atoms with Crippen LogP contribution >= 0.6 is 23.1 Å². The number of nitrogens with one attached hydrogen (secondary N) is 1. The summed E-state index contributed by atoms with van der Waals surface area (Å²) in [6.07, 6.45) is 7.11. The van der Waals surface area contributed by atoms with E-state index < -0.39 is 11.9 Å². The summed E-state index contributed by atoms with van der Waals surface area (Å²) in [5.74, 6) is 2.05. The highest BCUT2D eigenvalue weighted by atomic mass is 32.2. The molecule has 5 nitrogen and oxygen atoms in total. The second-order valence-corrected chi connectivity index (χ2v) is 12.1. The summed E-state index contributed by atoms with van der Waals surface area (Å²) in [4.78, 5) is 27.3. The number of thiophene rings is 1. The zero-order chi connectivity index (χ0) is 23.2. The van der Waals surface area contributed by atoms with Gasteiger partial charge in [0.1, 0.15) is 5.78 Å². The van der Waals surface area contributed by atoms with Crippen molar-refractivity contribution < 1.29 is 14.3 Å². The predicted octanol–water partition coefficient (Wildman–Crippen LogP) is 5.53. The number of carbonyl (C=O) groups excluding carboxylic acids is 2. The van der Waals surface area contributed by atoms with Crippen LogP contribution in [0.3, 0.4) is 0 Å². The summed E-state index contributed by atoms with van der Waals surface area (Å²) >= 11 is 2.96. The number of allylic oxidation sites excluding steroid dienone is 2. The molecule has 0 aromatic carbocycles. The maximum atomic E-state index is 13.5. The summed E-state index contributed by atoms with van der Waals surface area (Å²) in [7, 11) is 0. The van der Waals surface area contributed by atoms with E-state index in [0.29, 0.717) is 33.4 Å². The van der Waals surface area contributed by atoms with Gasteiger partial charge in [-0.05, 0) is 81.6 Å². The molecule has 4 saturated carbocycles. The van der Waals surface area contributed by atoms with Gasteiger partial charge in [-0.2, -0.15) is 5.26 Å². The average Bonchev–Trinajstić information content (AvgIpc) is 3.30. The van der Waals surface area contributed by atoms with Gasteiger partial charge < -0.3 is 10.1 Å². The number of esters is 1. The number of nitrogens with zero attached hydrogens (tertiary/aromatic N) is 1. The molecule has 4 aliphatic carbocycles. The predicted molar refractivity (Wildman–Crippen MR) is 130 cm³/mol. The number of carbonyl (C=O) groups is 2. The van der Waals surface area contributed by atoms with Crippen molar-refractivity contribution in [3.8, 4) is 6.07 Å². The average molecular weight is 483 g/mol. The van der Waals surface area contributed by atoms with E-state index in [2.05, 4.69) is 11.4 Å². The summed E-state index contributed by atoms with van der Waals surface area (Å²) in [5, 5.41) is 16.1. The van der Waals surface area contributed by atoms with Crippen molar-refractivity contribution in [3.63, 3.8) is 0 Å². The lowest BCUT2D eigenvalue weighted by Crippen LogP contribution is -2.50. The highest BCUT2D eigenvalue weighted by Crippen LogP contribution is 2.60. The second-order valence-electron chi connectivity index (χ2n) is 10.1. The maximum absolute atomic E-state index is 13.5. The van der Waals surface area contributed by atoms with Crippen LogP contribution in [0.4, 0.5) is 0 Å². The SMILES string of the molecule is CCOC(=O)C1=C(C)NC(SCC(=O)C23CC4CC(CC(C4)C2)C3)=C(C#N)[C@H]1c1cccs1. The van der Waals surface area contributed by atoms with Crippen molar-refractivity contribution in [1.82, 2.24) is 5.32 Å². The molecule has 6 rings (SSSR count). The molecule has 1 N–H and O–H groups in total. The van der Waals surface area contributed by atoms with Crippen LogP contribution in [0, 0.1) is 34.5 Å². The first-order valence-electron chi connectivity index (χ1n) is 11.9. The van der Waals surface area contributed by atoms with Gasteiger partial charge >= 0.3 is 5.97 Å². The van der Waals surface area contributed by atoms with Crippen molar-refractivity contribution in [2.45, 2.75) is 58.3 Å². The van der Waals surface area contributed by atoms with Crippen LogP contribution in [-0.2, 0) is 14.3 Å². The zero-order valence-corrected chi connectivity index (χ0v) is 20.8. The lowest BCUT2D eigenvalue weighted by Gasteiger charge is -2.56. The summed E-state index contributed by atoms with van der Waals surface area (Å²) in [6, 6.07) is 6.23. The Morgan fingerprint density at radius 2 is 1.91 bits per heavy atom. The topological polar surface area (TPSA) is 79.2 Å². The minimum absolute atomic E-state index is 0.141. The summed E-state index contributed by atoms with van der Waals surface area (Å²) < 4.78 is 5.32. The Kier molecular flexibility index (Phi) is 6.17. The quantitative estimate of drug-likeness (QED) is 0.515. The monoisotopic (exact) mass is 482 g/mol. The first-order valence-corrected chi connectivity index (χ1v) is 13.8. The number of ether oxygens (including phenoxy) is 1. The van der Waals surface area contributed by atoms with E-state index in [1.807, 2.05) is 24.4 Å². The molecular weight excluding hydrogens is 452 g/mol. The van der Waals surface area contributed by atoms with Gasteiger partial charge in [-0.25, -0.2) is 4.79 Å². The van der Waals surface area contributed by atoms with Crippen molar-refractivity contribution in [2.75, 3.05) is 12.4 Å². The van der Waals surface area contributed by atoms with E-state index in [4.69, 9.17) is 4.74 Å². The van der Waals surface area contributed by atoms with Gasteiger partial charge in [0.05, 0.1) is 40.5 Å². The van der Waals surface area contributed by atoms with Gasteiger partial charge in [0.25, 0.3) is 0 Å². The molecule has 0 spiro atoms. The van der Waals surface area contributed by atoms with Crippen LogP contribution in [0.25, 0.3) is 0 Å². The number of dihydropyridines is 1. The minimum atomic E-state index is -0.465. The van der Waals surface area contributed by atoms with E-state index in [0.717, 1.165) is 41.9 Å². The molecule has 1 aliphatic heterocycles. The van der Waals surface area contributed by atoms with Crippen LogP contribution in [0.1, 0.15) is 63.2 Å². The third-order valence-corrected chi connectivity index (χ3v) is 9.90. The van der Waals surface area contributed by atoms with Crippen LogP contribution in [0.15, 0.2) is 39.4 Å². The molecule has 4 fully saturated rings. The van der Waals surface area contributed by atoms with Gasteiger partial charge in [0.2, 0.25) is 0 Å². The molecule has 0 amide bonds. The highest BCUT2D eigenvalue weighted by molar-refractivity contribution is 8.03. The molecule has 0 radical (unpaired) electrons. The minimum Gasteiger partial charge on any atom is -0.463 e. The van der Waals surface area contributed by atoms with E-state index in [9.17, 15) is 14.9 Å². The first kappa shape index (κ1) is 22.7. The smallest absolute Gasteiger partial charge is 0.336 e. The Morgan fingerprint density at radius 1 is 1.24 bits per heavy atom. The number of rotatable bonds is 7. The molecule has 7 heteroatoms. The Labute approximate surface area is 203 Å². The fraction of sp³-hybridized carbons (Fsp3) is 0.577. The third kappa shape index (κ3) is 4.06. The van der Waals surface area contributed by atoms with Crippen molar-refractivity contribution in [3.05, 3.63) is 44.3 Å². The van der Waals surface area contributed by atoms with Gasteiger partial charge in [-0.15, -0.1) is 11.3 Å². The van der Waals surface area contributed by atoms with E-state index >= 15 is 0 Å². The first-order chi connectivity index (χ1) is 15.9. The van der Waals surface area contributed by atoms with Crippen LogP contribution in [0.5, 0.6) is 0 Å². The molecule has 2 heterocycles. The van der Waals surface area contributed by atoms with Gasteiger partial charge in [-0.3, -0.25) is 4.79 Å². The van der Waals surface area contributed by atoms with Crippen LogP contribution in [0.2, 0.25) is 0 Å². The standard InChI is InChI=1S/C26H30N2O3S2/c1-3-31-25(30)22-15(2)28-24(19(13-27)23(22)20-5-4-6-32-20)33-14-21(29)26-10-16-7-17(11-26)9-18(8-16)12-26/h4-6,16-18,23,28H,3,7-12,14H2,1-2H3/t16?,17?,18?,23-,26?/m0/s1. The Bertz CT molecular complexity index is 1030. The van der Waals surface area contributed by atoms with Crippen molar-refractivity contribution >= 4 is 34.9 Å². The Morgan fingerprint density at radius 3 is 2.45 bits per heavy atom. The maximum Gasteiger partial charge on any atom is 0.336 e. The molecular formula is C26H30N2O3S2. The van der Waals surface area contributed by atoms with Crippen molar-refractivity contribution in [2.24, 2.45) is 23.2 Å². The van der Waals surface area contributed by atoms with Crippen LogP contribution < -0.4 is 5.32 Å². The normalized spacial score (nSPS) is 32.5. The molecule has 0 saturated heterocycles. The number of hydrogen-bond donors (Lipinski definition) is 1. The lowest BCUT2D eigenvalue weighted by atomic mass is 9.48. The second kappa shape index (κ2) is 8.96. The largest absolute Gasteiger partial charge is 0.463 e. The zero-order valence-electron chi connectivity index (χ0n) is 19.2. The third-order valence-electron chi connectivity index (χ3n) is 7.95. The molecule has 33 heavy (non-hydrogen) atoms. The number of ketones is 1. The number of nitriles is 1. The molecule has 1 atom stereocenters. The Hall–Kier alpha value is -2.04. The number of Topliss-reactive ketones (excluding diaryl/α,β-unsaturated/α-hetero) is 1.